The molecule has 0 aliphatic heterocycles. The zero-order valence-electron chi connectivity index (χ0n) is 10.1. The number of hydrogen-bond donors (Lipinski definition) is 1. The Labute approximate surface area is 112 Å². The third-order valence-corrected chi connectivity index (χ3v) is 2.74. The van der Waals surface area contributed by atoms with Gasteiger partial charge in [0.2, 0.25) is 5.60 Å². The van der Waals surface area contributed by atoms with E-state index in [1.54, 1.807) is 0 Å². The summed E-state index contributed by atoms with van der Waals surface area (Å²) in [5.41, 5.74) is -3.37. The second kappa shape index (κ2) is 5.13. The van der Waals surface area contributed by atoms with Crippen LogP contribution in [0.4, 0.5) is 17.6 Å². The summed E-state index contributed by atoms with van der Waals surface area (Å²) in [4.78, 5) is 0. The van der Waals surface area contributed by atoms with Gasteiger partial charge in [0.05, 0.1) is 6.26 Å². The predicted molar refractivity (Wildman–Crippen MR) is 64.1 cm³/mol. The summed E-state index contributed by atoms with van der Waals surface area (Å²) < 4.78 is 57.0. The Bertz CT molecular complexity index is 602. The molecule has 0 bridgehead atoms. The quantitative estimate of drug-likeness (QED) is 0.869. The normalized spacial score (nSPS) is 15.4. The van der Waals surface area contributed by atoms with Crippen molar-refractivity contribution in [3.63, 3.8) is 0 Å². The lowest BCUT2D eigenvalue weighted by molar-refractivity contribution is -0.250. The van der Waals surface area contributed by atoms with Crippen molar-refractivity contribution in [3.8, 4) is 0 Å². The summed E-state index contributed by atoms with van der Waals surface area (Å²) in [6.07, 6.45) is -2.65. The second-order valence-electron chi connectivity index (χ2n) is 4.10. The van der Waals surface area contributed by atoms with Crippen LogP contribution in [0.3, 0.4) is 0 Å². The van der Waals surface area contributed by atoms with Gasteiger partial charge in [0.15, 0.2) is 0 Å². The number of benzene rings is 1. The van der Waals surface area contributed by atoms with Gasteiger partial charge in [-0.05, 0) is 24.3 Å². The van der Waals surface area contributed by atoms with Crippen LogP contribution in [0, 0.1) is 5.82 Å². The minimum absolute atomic E-state index is 0.0678. The van der Waals surface area contributed by atoms with Gasteiger partial charge in [-0.2, -0.15) is 13.2 Å². The van der Waals surface area contributed by atoms with Gasteiger partial charge < -0.3 is 9.52 Å². The maximum atomic E-state index is 13.4. The van der Waals surface area contributed by atoms with E-state index in [2.05, 4.69) is 4.42 Å². The van der Waals surface area contributed by atoms with Gasteiger partial charge in [0, 0.05) is 5.56 Å². The standard InChI is InChI=1S/C14H10F4O2/c15-11-5-2-1-4-10(11)7-8-13(19,14(16,17)18)12-6-3-9-20-12/h1-9,19H. The third kappa shape index (κ3) is 2.60. The molecule has 1 heterocycles. The Kier molecular flexibility index (Phi) is 3.67. The minimum Gasteiger partial charge on any atom is -0.466 e. The van der Waals surface area contributed by atoms with E-state index in [0.29, 0.717) is 6.08 Å². The molecule has 0 aliphatic carbocycles. The second-order valence-corrected chi connectivity index (χ2v) is 4.10. The molecule has 0 spiro atoms. The molecule has 0 amide bonds. The van der Waals surface area contributed by atoms with Crippen LogP contribution in [0.2, 0.25) is 0 Å². The molecular weight excluding hydrogens is 276 g/mol. The van der Waals surface area contributed by atoms with Crippen molar-refractivity contribution in [2.24, 2.45) is 0 Å². The van der Waals surface area contributed by atoms with E-state index in [0.717, 1.165) is 24.5 Å². The first-order valence-electron chi connectivity index (χ1n) is 5.61. The van der Waals surface area contributed by atoms with E-state index in [4.69, 9.17) is 0 Å². The number of halogens is 4. The Morgan fingerprint density at radius 3 is 2.30 bits per heavy atom. The van der Waals surface area contributed by atoms with E-state index < -0.39 is 23.4 Å². The molecule has 6 heteroatoms. The SMILES string of the molecule is OC(C=Cc1ccccc1F)(c1ccco1)C(F)(F)F. The molecule has 2 aromatic rings. The Morgan fingerprint density at radius 2 is 1.75 bits per heavy atom. The van der Waals surface area contributed by atoms with Crippen molar-refractivity contribution in [2.45, 2.75) is 11.8 Å². The molecule has 106 valence electrons. The summed E-state index contributed by atoms with van der Waals surface area (Å²) >= 11 is 0. The minimum atomic E-state index is -4.99. The fraction of sp³-hybridized carbons (Fsp3) is 0.143. The number of hydrogen-bond acceptors (Lipinski definition) is 2. The van der Waals surface area contributed by atoms with Crippen LogP contribution in [0.5, 0.6) is 0 Å². The lowest BCUT2D eigenvalue weighted by Gasteiger charge is -2.25. The molecule has 2 nitrogen and oxygen atoms in total. The van der Waals surface area contributed by atoms with Crippen LogP contribution in [0.25, 0.3) is 6.08 Å². The zero-order valence-corrected chi connectivity index (χ0v) is 10.1. The first kappa shape index (κ1) is 14.3. The molecule has 0 radical (unpaired) electrons. The van der Waals surface area contributed by atoms with Crippen molar-refractivity contribution >= 4 is 6.08 Å². The first-order chi connectivity index (χ1) is 9.34. The zero-order chi connectivity index (χ0) is 14.8. The molecule has 0 saturated heterocycles. The van der Waals surface area contributed by atoms with Crippen LogP contribution in [-0.4, -0.2) is 11.3 Å². The molecule has 0 fully saturated rings. The lowest BCUT2D eigenvalue weighted by Crippen LogP contribution is -2.40. The Morgan fingerprint density at radius 1 is 1.05 bits per heavy atom. The Hall–Kier alpha value is -2.08. The summed E-state index contributed by atoms with van der Waals surface area (Å²) in [6, 6.07) is 7.52. The molecular formula is C14H10F4O2. The number of rotatable bonds is 3. The maximum Gasteiger partial charge on any atom is 0.428 e. The van der Waals surface area contributed by atoms with Gasteiger partial charge in [-0.3, -0.25) is 0 Å². The number of alkyl halides is 3. The summed E-state index contributed by atoms with van der Waals surface area (Å²) in [7, 11) is 0. The molecule has 0 aliphatic rings. The topological polar surface area (TPSA) is 33.4 Å². The fourth-order valence-corrected chi connectivity index (χ4v) is 1.63. The van der Waals surface area contributed by atoms with Crippen molar-refractivity contribution in [1.29, 1.82) is 0 Å². The maximum absolute atomic E-state index is 13.4. The highest BCUT2D eigenvalue weighted by Gasteiger charge is 2.55. The van der Waals surface area contributed by atoms with Gasteiger partial charge in [-0.15, -0.1) is 0 Å². The molecule has 20 heavy (non-hydrogen) atoms. The highest BCUT2D eigenvalue weighted by Crippen LogP contribution is 2.40. The van der Waals surface area contributed by atoms with E-state index in [1.807, 2.05) is 0 Å². The summed E-state index contributed by atoms with van der Waals surface area (Å²) in [5, 5.41) is 9.83. The molecule has 1 N–H and O–H groups in total. The molecule has 0 saturated carbocycles. The van der Waals surface area contributed by atoms with Crippen LogP contribution >= 0.6 is 0 Å². The van der Waals surface area contributed by atoms with E-state index in [-0.39, 0.29) is 5.56 Å². The van der Waals surface area contributed by atoms with Crippen LogP contribution in [-0.2, 0) is 5.60 Å². The fourth-order valence-electron chi connectivity index (χ4n) is 1.63. The highest BCUT2D eigenvalue weighted by atomic mass is 19.4. The van der Waals surface area contributed by atoms with E-state index in [9.17, 15) is 22.7 Å². The molecule has 1 atom stereocenters. The van der Waals surface area contributed by atoms with Gasteiger partial charge >= 0.3 is 6.18 Å². The van der Waals surface area contributed by atoms with Crippen LogP contribution < -0.4 is 0 Å². The monoisotopic (exact) mass is 286 g/mol. The molecule has 1 unspecified atom stereocenters. The van der Waals surface area contributed by atoms with Crippen LogP contribution in [0.15, 0.2) is 53.2 Å². The molecule has 1 aromatic heterocycles. The predicted octanol–water partition coefficient (Wildman–Crippen LogP) is 3.88. The summed E-state index contributed by atoms with van der Waals surface area (Å²) in [6.45, 7) is 0. The third-order valence-electron chi connectivity index (χ3n) is 2.74. The average Bonchev–Trinajstić information content (AvgIpc) is 2.90. The highest BCUT2D eigenvalue weighted by molar-refractivity contribution is 5.52. The Balaban J connectivity index is 2.43. The first-order valence-corrected chi connectivity index (χ1v) is 5.61. The lowest BCUT2D eigenvalue weighted by atomic mass is 9.98. The van der Waals surface area contributed by atoms with Crippen molar-refractivity contribution in [3.05, 3.63) is 65.9 Å². The number of aliphatic hydroxyl groups is 1. The van der Waals surface area contributed by atoms with Gasteiger partial charge in [-0.1, -0.05) is 24.3 Å². The number of furan rings is 1. The average molecular weight is 286 g/mol. The largest absolute Gasteiger partial charge is 0.466 e. The van der Waals surface area contributed by atoms with Crippen molar-refractivity contribution < 1.29 is 27.1 Å². The van der Waals surface area contributed by atoms with Gasteiger partial charge in [0.1, 0.15) is 11.6 Å². The smallest absolute Gasteiger partial charge is 0.428 e. The molecule has 2 rings (SSSR count). The molecule has 1 aromatic carbocycles. The van der Waals surface area contributed by atoms with Gasteiger partial charge in [-0.25, -0.2) is 4.39 Å². The van der Waals surface area contributed by atoms with Gasteiger partial charge in [0.25, 0.3) is 0 Å². The van der Waals surface area contributed by atoms with Crippen molar-refractivity contribution in [2.75, 3.05) is 0 Å². The van der Waals surface area contributed by atoms with E-state index >= 15 is 0 Å². The van der Waals surface area contributed by atoms with Crippen LogP contribution in [0.1, 0.15) is 11.3 Å². The van der Waals surface area contributed by atoms with Crippen molar-refractivity contribution in [1.82, 2.24) is 0 Å². The summed E-state index contributed by atoms with van der Waals surface area (Å²) in [5.74, 6) is -1.37. The van der Waals surface area contributed by atoms with E-state index in [1.165, 1.54) is 24.3 Å².